The van der Waals surface area contributed by atoms with E-state index in [2.05, 4.69) is 20.9 Å². The van der Waals surface area contributed by atoms with E-state index < -0.39 is 0 Å². The molecule has 0 aliphatic rings. The molecule has 0 bridgehead atoms. The van der Waals surface area contributed by atoms with E-state index in [1.165, 1.54) is 22.7 Å². The van der Waals surface area contributed by atoms with Gasteiger partial charge in [0.1, 0.15) is 0 Å². The largest absolute Gasteiger partial charge is 0.462 e. The minimum atomic E-state index is -0.346. The van der Waals surface area contributed by atoms with Gasteiger partial charge < -0.3 is 9.30 Å². The molecule has 0 unspecified atom stereocenters. The minimum absolute atomic E-state index is 0.263. The number of ether oxygens (including phenoxy) is 1. The van der Waals surface area contributed by atoms with Gasteiger partial charge in [0.25, 0.3) is 5.91 Å². The van der Waals surface area contributed by atoms with Crippen molar-refractivity contribution in [3.05, 3.63) is 49.4 Å². The van der Waals surface area contributed by atoms with Gasteiger partial charge in [0.15, 0.2) is 4.80 Å². The van der Waals surface area contributed by atoms with Crippen LogP contribution < -0.4 is 4.80 Å². The first-order chi connectivity index (χ1) is 13.0. The number of nitrogens with zero attached hydrogens (tertiary/aromatic N) is 2. The van der Waals surface area contributed by atoms with Gasteiger partial charge in [-0.15, -0.1) is 11.3 Å². The molecule has 3 aromatic rings. The Bertz CT molecular complexity index is 1050. The van der Waals surface area contributed by atoms with Crippen molar-refractivity contribution in [2.45, 2.75) is 13.5 Å². The molecule has 0 aliphatic heterocycles. The summed E-state index contributed by atoms with van der Waals surface area (Å²) in [4.78, 5) is 30.1. The number of fused-ring (bicyclic) bond motifs is 1. The number of amides is 1. The van der Waals surface area contributed by atoms with Crippen molar-refractivity contribution in [1.29, 1.82) is 0 Å². The smallest absolute Gasteiger partial charge is 0.338 e. The van der Waals surface area contributed by atoms with Gasteiger partial charge in [0.05, 0.1) is 31.1 Å². The molecule has 0 radical (unpaired) electrons. The second kappa shape index (κ2) is 9.18. The van der Waals surface area contributed by atoms with Crippen molar-refractivity contribution in [2.75, 3.05) is 18.6 Å². The van der Waals surface area contributed by atoms with Crippen molar-refractivity contribution in [1.82, 2.24) is 4.57 Å². The average Bonchev–Trinajstić information content (AvgIpc) is 3.23. The van der Waals surface area contributed by atoms with Gasteiger partial charge in [-0.05, 0) is 59.4 Å². The van der Waals surface area contributed by atoms with E-state index in [-0.39, 0.29) is 11.9 Å². The number of carbonyl (C=O) groups excluding carboxylic acids is 2. The molecule has 0 N–H and O–H groups in total. The SMILES string of the molecule is CCOC(=O)c1ccc2c(c1)sc(=NC(=O)c1ccc(Br)s1)n2CCSC. The highest BCUT2D eigenvalue weighted by Crippen LogP contribution is 2.23. The molecule has 142 valence electrons. The molecule has 3 rings (SSSR count). The standard InChI is InChI=1S/C18H17BrN2O3S3/c1-3-24-17(23)11-4-5-12-14(10-11)27-18(21(12)8-9-25-2)20-16(22)13-6-7-15(19)26-13/h4-7,10H,3,8-9H2,1-2H3. The van der Waals surface area contributed by atoms with Crippen LogP contribution >= 0.6 is 50.4 Å². The Morgan fingerprint density at radius 1 is 1.26 bits per heavy atom. The molecular formula is C18H17BrN2O3S3. The third kappa shape index (κ3) is 4.71. The van der Waals surface area contributed by atoms with Crippen LogP contribution in [-0.4, -0.2) is 35.1 Å². The third-order valence-corrected chi connectivity index (χ3v) is 6.94. The van der Waals surface area contributed by atoms with Crippen LogP contribution in [0, 0.1) is 0 Å². The molecule has 0 spiro atoms. The molecule has 0 saturated heterocycles. The summed E-state index contributed by atoms with van der Waals surface area (Å²) in [6.07, 6.45) is 2.04. The van der Waals surface area contributed by atoms with Crippen molar-refractivity contribution in [2.24, 2.45) is 4.99 Å². The maximum Gasteiger partial charge on any atom is 0.338 e. The number of hydrogen-bond acceptors (Lipinski definition) is 6. The van der Waals surface area contributed by atoms with Gasteiger partial charge in [-0.3, -0.25) is 4.79 Å². The lowest BCUT2D eigenvalue weighted by Crippen LogP contribution is -2.18. The molecule has 5 nitrogen and oxygen atoms in total. The first-order valence-electron chi connectivity index (χ1n) is 8.17. The highest BCUT2D eigenvalue weighted by Gasteiger charge is 2.13. The zero-order valence-electron chi connectivity index (χ0n) is 14.7. The molecule has 2 heterocycles. The van der Waals surface area contributed by atoms with Crippen LogP contribution in [0.5, 0.6) is 0 Å². The monoisotopic (exact) mass is 484 g/mol. The van der Waals surface area contributed by atoms with Gasteiger partial charge >= 0.3 is 5.97 Å². The first kappa shape index (κ1) is 20.3. The number of esters is 1. The van der Waals surface area contributed by atoms with Gasteiger partial charge in [0.2, 0.25) is 0 Å². The number of aryl methyl sites for hydroxylation is 1. The number of thiophene rings is 1. The highest BCUT2D eigenvalue weighted by molar-refractivity contribution is 9.11. The Hall–Kier alpha value is -1.42. The number of hydrogen-bond donors (Lipinski definition) is 0. The molecule has 9 heteroatoms. The van der Waals surface area contributed by atoms with E-state index >= 15 is 0 Å². The second-order valence-corrected chi connectivity index (χ2v) is 9.91. The van der Waals surface area contributed by atoms with E-state index in [1.807, 2.05) is 23.0 Å². The fraction of sp³-hybridized carbons (Fsp3) is 0.278. The van der Waals surface area contributed by atoms with Crippen LogP contribution in [0.3, 0.4) is 0 Å². The third-order valence-electron chi connectivity index (χ3n) is 3.69. The lowest BCUT2D eigenvalue weighted by Gasteiger charge is -2.05. The minimum Gasteiger partial charge on any atom is -0.462 e. The number of aromatic nitrogens is 1. The number of halogens is 1. The van der Waals surface area contributed by atoms with E-state index in [9.17, 15) is 9.59 Å². The van der Waals surface area contributed by atoms with Crippen LogP contribution in [0.1, 0.15) is 27.0 Å². The summed E-state index contributed by atoms with van der Waals surface area (Å²) in [5, 5.41) is 0. The van der Waals surface area contributed by atoms with Crippen LogP contribution in [0.2, 0.25) is 0 Å². The van der Waals surface area contributed by atoms with E-state index in [4.69, 9.17) is 4.74 Å². The molecule has 0 aliphatic carbocycles. The van der Waals surface area contributed by atoms with Crippen molar-refractivity contribution < 1.29 is 14.3 Å². The maximum absolute atomic E-state index is 12.5. The van der Waals surface area contributed by atoms with Crippen LogP contribution in [0.25, 0.3) is 10.2 Å². The molecule has 0 fully saturated rings. The summed E-state index contributed by atoms with van der Waals surface area (Å²) in [5.74, 6) is 0.291. The second-order valence-electron chi connectivity index (χ2n) is 5.45. The van der Waals surface area contributed by atoms with Crippen LogP contribution in [-0.2, 0) is 11.3 Å². The lowest BCUT2D eigenvalue weighted by atomic mass is 10.2. The molecule has 1 aromatic carbocycles. The zero-order valence-corrected chi connectivity index (χ0v) is 18.8. The van der Waals surface area contributed by atoms with Crippen molar-refractivity contribution in [3.63, 3.8) is 0 Å². The Morgan fingerprint density at radius 3 is 2.74 bits per heavy atom. The van der Waals surface area contributed by atoms with Gasteiger partial charge in [0, 0.05) is 12.3 Å². The molecule has 0 atom stereocenters. The summed E-state index contributed by atoms with van der Waals surface area (Å²) in [6, 6.07) is 9.05. The molecule has 2 aromatic heterocycles. The number of rotatable bonds is 6. The average molecular weight is 485 g/mol. The summed E-state index contributed by atoms with van der Waals surface area (Å²) in [6.45, 7) is 2.85. The summed E-state index contributed by atoms with van der Waals surface area (Å²) >= 11 is 7.87. The zero-order chi connectivity index (χ0) is 19.4. The summed E-state index contributed by atoms with van der Waals surface area (Å²) in [7, 11) is 0. The van der Waals surface area contributed by atoms with E-state index in [1.54, 1.807) is 36.9 Å². The normalized spacial score (nSPS) is 11.9. The number of benzene rings is 1. The predicted molar refractivity (Wildman–Crippen MR) is 116 cm³/mol. The fourth-order valence-electron chi connectivity index (χ4n) is 2.47. The van der Waals surface area contributed by atoms with Crippen LogP contribution in [0.15, 0.2) is 39.1 Å². The van der Waals surface area contributed by atoms with Crippen molar-refractivity contribution in [3.8, 4) is 0 Å². The van der Waals surface area contributed by atoms with E-state index in [0.29, 0.717) is 21.8 Å². The summed E-state index contributed by atoms with van der Waals surface area (Å²) < 4.78 is 8.91. The Balaban J connectivity index is 2.08. The number of carbonyl (C=O) groups is 2. The number of thiazole rings is 1. The number of thioether (sulfide) groups is 1. The highest BCUT2D eigenvalue weighted by atomic mass is 79.9. The summed E-state index contributed by atoms with van der Waals surface area (Å²) in [5.41, 5.74) is 1.46. The fourth-order valence-corrected chi connectivity index (χ4v) is 5.20. The van der Waals surface area contributed by atoms with Gasteiger partial charge in [-0.2, -0.15) is 16.8 Å². The van der Waals surface area contributed by atoms with Crippen LogP contribution in [0.4, 0.5) is 0 Å². The molecule has 0 saturated carbocycles. The first-order valence-corrected chi connectivity index (χ1v) is 12.0. The van der Waals surface area contributed by atoms with Gasteiger partial charge in [-0.1, -0.05) is 11.3 Å². The molecule has 27 heavy (non-hydrogen) atoms. The Morgan fingerprint density at radius 2 is 2.07 bits per heavy atom. The van der Waals surface area contributed by atoms with Crippen molar-refractivity contribution >= 4 is 72.5 Å². The Labute approximate surface area is 177 Å². The maximum atomic E-state index is 12.5. The lowest BCUT2D eigenvalue weighted by molar-refractivity contribution is 0.0526. The quantitative estimate of drug-likeness (QED) is 0.471. The van der Waals surface area contributed by atoms with E-state index in [0.717, 1.165) is 26.3 Å². The predicted octanol–water partition coefficient (Wildman–Crippen LogP) is 4.81. The molecular weight excluding hydrogens is 468 g/mol. The topological polar surface area (TPSA) is 60.7 Å². The Kier molecular flexibility index (Phi) is 6.91. The molecule has 1 amide bonds. The van der Waals surface area contributed by atoms with Gasteiger partial charge in [-0.25, -0.2) is 4.79 Å².